The van der Waals surface area contributed by atoms with Crippen LogP contribution in [0.5, 0.6) is 11.5 Å². The van der Waals surface area contributed by atoms with E-state index < -0.39 is 22.8 Å². The number of nitrogens with zero attached hydrogens (tertiary/aromatic N) is 2. The normalized spacial score (nSPS) is 11.7. The molecule has 2 amide bonds. The molecule has 10 heteroatoms. The van der Waals surface area contributed by atoms with E-state index in [4.69, 9.17) is 9.47 Å². The maximum Gasteiger partial charge on any atom is 0.282 e. The fourth-order valence-electron chi connectivity index (χ4n) is 3.53. The smallest absolute Gasteiger partial charge is 0.282 e. The molecule has 0 aliphatic heterocycles. The zero-order chi connectivity index (χ0) is 27.7. The first-order valence-electron chi connectivity index (χ1n) is 11.9. The minimum atomic E-state index is -0.876. The van der Waals surface area contributed by atoms with Crippen molar-refractivity contribution in [3.05, 3.63) is 99.1 Å². The number of aryl methyl sites for hydroxylation is 1. The third kappa shape index (κ3) is 7.39. The van der Waals surface area contributed by atoms with Crippen LogP contribution in [0.3, 0.4) is 0 Å². The van der Waals surface area contributed by atoms with Gasteiger partial charge in [-0.3, -0.25) is 19.7 Å². The Morgan fingerprint density at radius 2 is 1.74 bits per heavy atom. The van der Waals surface area contributed by atoms with E-state index in [0.717, 1.165) is 17.3 Å². The maximum absolute atomic E-state index is 12.8. The molecule has 3 aromatic carbocycles. The zero-order valence-corrected chi connectivity index (χ0v) is 21.6. The Balaban J connectivity index is 1.74. The summed E-state index contributed by atoms with van der Waals surface area (Å²) in [4.78, 5) is 36.6. The van der Waals surface area contributed by atoms with Crippen LogP contribution in [0.4, 0.5) is 5.69 Å². The molecule has 0 bridgehead atoms. The molecule has 1 atom stereocenters. The van der Waals surface area contributed by atoms with E-state index >= 15 is 0 Å². The fourth-order valence-corrected chi connectivity index (χ4v) is 3.53. The summed E-state index contributed by atoms with van der Waals surface area (Å²) >= 11 is 0. The number of hydrogen-bond acceptors (Lipinski definition) is 7. The van der Waals surface area contributed by atoms with E-state index in [0.29, 0.717) is 5.56 Å². The highest BCUT2D eigenvalue weighted by Crippen LogP contribution is 2.34. The van der Waals surface area contributed by atoms with Crippen molar-refractivity contribution in [1.29, 1.82) is 0 Å². The number of ether oxygens (including phenoxy) is 2. The molecule has 0 saturated heterocycles. The van der Waals surface area contributed by atoms with Crippen molar-refractivity contribution < 1.29 is 24.0 Å². The van der Waals surface area contributed by atoms with E-state index in [1.54, 1.807) is 26.0 Å². The Hall–Kier alpha value is -4.73. The molecule has 0 aromatic heterocycles. The average molecular weight is 519 g/mol. The summed E-state index contributed by atoms with van der Waals surface area (Å²) in [7, 11) is 1.42. The Bertz CT molecular complexity index is 1310. The van der Waals surface area contributed by atoms with E-state index in [1.165, 1.54) is 19.2 Å². The van der Waals surface area contributed by atoms with Crippen molar-refractivity contribution in [1.82, 2.24) is 10.7 Å². The summed E-state index contributed by atoms with van der Waals surface area (Å²) in [5, 5.41) is 18.3. The Morgan fingerprint density at radius 1 is 1.05 bits per heavy atom. The van der Waals surface area contributed by atoms with Crippen LogP contribution < -0.4 is 20.2 Å². The first kappa shape index (κ1) is 27.9. The predicted molar refractivity (Wildman–Crippen MR) is 143 cm³/mol. The van der Waals surface area contributed by atoms with Gasteiger partial charge in [0.25, 0.3) is 17.5 Å². The lowest BCUT2D eigenvalue weighted by atomic mass is 10.0. The number of amides is 2. The number of methoxy groups -OCH3 is 1. The van der Waals surface area contributed by atoms with E-state index in [-0.39, 0.29) is 35.3 Å². The van der Waals surface area contributed by atoms with Gasteiger partial charge >= 0.3 is 0 Å². The second kappa shape index (κ2) is 13.0. The second-order valence-electron chi connectivity index (χ2n) is 8.89. The standard InChI is InChI=1S/C28H30N4O6/c1-18(2)26(30-27(33)21-12-10-19(3)11-13-21)28(34)31-29-16-22-14-24(37-4)25(15-23(22)32(35)36)38-17-20-8-6-5-7-9-20/h5-16,18,26H,17H2,1-4H3,(H,30,33)(H,31,34)/b29-16-. The highest BCUT2D eigenvalue weighted by atomic mass is 16.6. The molecule has 1 unspecified atom stereocenters. The van der Waals surface area contributed by atoms with Gasteiger partial charge in [-0.2, -0.15) is 5.10 Å². The number of nitrogens with one attached hydrogen (secondary N) is 2. The lowest BCUT2D eigenvalue weighted by Gasteiger charge is -2.20. The molecule has 0 spiro atoms. The van der Waals surface area contributed by atoms with Crippen LogP contribution >= 0.6 is 0 Å². The molecule has 3 rings (SSSR count). The third-order valence-corrected chi connectivity index (χ3v) is 5.67. The topological polar surface area (TPSA) is 132 Å². The van der Waals surface area contributed by atoms with Crippen LogP contribution in [-0.2, 0) is 11.4 Å². The van der Waals surface area contributed by atoms with E-state index in [9.17, 15) is 19.7 Å². The molecular weight excluding hydrogens is 488 g/mol. The van der Waals surface area contributed by atoms with Gasteiger partial charge in [-0.15, -0.1) is 0 Å². The van der Waals surface area contributed by atoms with Gasteiger partial charge in [-0.05, 0) is 36.6 Å². The lowest BCUT2D eigenvalue weighted by molar-refractivity contribution is -0.385. The summed E-state index contributed by atoms with van der Waals surface area (Å²) in [6.45, 7) is 5.68. The summed E-state index contributed by atoms with van der Waals surface area (Å²) in [5.74, 6) is -0.730. The summed E-state index contributed by atoms with van der Waals surface area (Å²) in [6.07, 6.45) is 1.15. The van der Waals surface area contributed by atoms with Gasteiger partial charge < -0.3 is 14.8 Å². The lowest BCUT2D eigenvalue weighted by Crippen LogP contribution is -2.48. The highest BCUT2D eigenvalue weighted by molar-refractivity contribution is 5.98. The average Bonchev–Trinajstić information content (AvgIpc) is 2.91. The van der Waals surface area contributed by atoms with Gasteiger partial charge in [0, 0.05) is 5.56 Å². The van der Waals surface area contributed by atoms with Crippen LogP contribution in [-0.4, -0.2) is 36.1 Å². The van der Waals surface area contributed by atoms with Crippen LogP contribution in [0, 0.1) is 23.0 Å². The molecule has 3 aromatic rings. The van der Waals surface area contributed by atoms with Crippen molar-refractivity contribution in [2.45, 2.75) is 33.4 Å². The predicted octanol–water partition coefficient (Wildman–Crippen LogP) is 4.40. The van der Waals surface area contributed by atoms with Gasteiger partial charge in [-0.25, -0.2) is 5.43 Å². The second-order valence-corrected chi connectivity index (χ2v) is 8.89. The zero-order valence-electron chi connectivity index (χ0n) is 21.6. The van der Waals surface area contributed by atoms with Gasteiger partial charge in [0.1, 0.15) is 12.6 Å². The quantitative estimate of drug-likeness (QED) is 0.220. The summed E-state index contributed by atoms with van der Waals surface area (Å²) in [5.41, 5.74) is 4.51. The van der Waals surface area contributed by atoms with Crippen LogP contribution in [0.2, 0.25) is 0 Å². The number of hydrogen-bond donors (Lipinski definition) is 2. The molecule has 198 valence electrons. The number of carbonyl (C=O) groups is 2. The fraction of sp³-hybridized carbons (Fsp3) is 0.250. The largest absolute Gasteiger partial charge is 0.493 e. The molecule has 10 nitrogen and oxygen atoms in total. The molecular formula is C28H30N4O6. The Labute approximate surface area is 220 Å². The van der Waals surface area contributed by atoms with Gasteiger partial charge in [-0.1, -0.05) is 61.9 Å². The molecule has 0 heterocycles. The number of carbonyl (C=O) groups excluding carboxylic acids is 2. The van der Waals surface area contributed by atoms with E-state index in [2.05, 4.69) is 15.8 Å². The van der Waals surface area contributed by atoms with Crippen molar-refractivity contribution in [2.75, 3.05) is 7.11 Å². The SMILES string of the molecule is COc1cc(/C=N\NC(=O)C(NC(=O)c2ccc(C)cc2)C(C)C)c([N+](=O)[O-])cc1OCc1ccccc1. The molecule has 0 saturated carbocycles. The molecule has 2 N–H and O–H groups in total. The molecule has 0 aliphatic carbocycles. The monoisotopic (exact) mass is 518 g/mol. The van der Waals surface area contributed by atoms with Gasteiger partial charge in [0.05, 0.1) is 29.9 Å². The number of benzene rings is 3. The van der Waals surface area contributed by atoms with Gasteiger partial charge in [0.15, 0.2) is 11.5 Å². The van der Waals surface area contributed by atoms with Crippen LogP contribution in [0.25, 0.3) is 0 Å². The Kier molecular flexibility index (Phi) is 9.53. The number of rotatable bonds is 11. The van der Waals surface area contributed by atoms with Crippen LogP contribution in [0.15, 0.2) is 71.8 Å². The van der Waals surface area contributed by atoms with Crippen molar-refractivity contribution in [2.24, 2.45) is 11.0 Å². The van der Waals surface area contributed by atoms with Gasteiger partial charge in [0.2, 0.25) is 0 Å². The van der Waals surface area contributed by atoms with Crippen molar-refractivity contribution >= 4 is 23.7 Å². The molecule has 0 radical (unpaired) electrons. The number of nitro benzene ring substituents is 1. The molecule has 0 fully saturated rings. The Morgan fingerprint density at radius 3 is 2.34 bits per heavy atom. The minimum absolute atomic E-state index is 0.101. The summed E-state index contributed by atoms with van der Waals surface area (Å²) < 4.78 is 11.1. The minimum Gasteiger partial charge on any atom is -0.493 e. The molecule has 0 aliphatic rings. The number of hydrazone groups is 1. The number of nitro groups is 1. The maximum atomic E-state index is 12.8. The van der Waals surface area contributed by atoms with Crippen LogP contribution in [0.1, 0.15) is 40.9 Å². The summed E-state index contributed by atoms with van der Waals surface area (Å²) in [6, 6.07) is 18.1. The van der Waals surface area contributed by atoms with Crippen molar-refractivity contribution in [3.8, 4) is 11.5 Å². The highest BCUT2D eigenvalue weighted by Gasteiger charge is 2.25. The van der Waals surface area contributed by atoms with E-state index in [1.807, 2.05) is 49.4 Å². The first-order chi connectivity index (χ1) is 18.2. The third-order valence-electron chi connectivity index (χ3n) is 5.67. The first-order valence-corrected chi connectivity index (χ1v) is 11.9. The van der Waals surface area contributed by atoms with Crippen molar-refractivity contribution in [3.63, 3.8) is 0 Å². The molecule has 38 heavy (non-hydrogen) atoms.